The van der Waals surface area contributed by atoms with Crippen LogP contribution in [-0.4, -0.2) is 16.8 Å². The van der Waals surface area contributed by atoms with Gasteiger partial charge in [0.1, 0.15) is 0 Å². The Labute approximate surface area is 115 Å². The predicted molar refractivity (Wildman–Crippen MR) is 77.5 cm³/mol. The number of aryl methyl sites for hydroxylation is 1. The molecule has 0 amide bonds. The average molecular weight is 263 g/mol. The summed E-state index contributed by atoms with van der Waals surface area (Å²) in [6, 6.07) is 3.76. The fourth-order valence-electron chi connectivity index (χ4n) is 2.98. The lowest BCUT2D eigenvalue weighted by Crippen LogP contribution is -2.29. The first-order valence-corrected chi connectivity index (χ1v) is 7.40. The number of phenolic OH excluding ortho intramolecular Hbond substituents is 2. The minimum absolute atomic E-state index is 0.00116. The Hall–Kier alpha value is -1.22. The molecule has 1 aromatic carbocycles. The van der Waals surface area contributed by atoms with Crippen molar-refractivity contribution < 1.29 is 10.2 Å². The molecule has 1 aliphatic rings. The summed E-state index contributed by atoms with van der Waals surface area (Å²) in [4.78, 5) is 0. The van der Waals surface area contributed by atoms with E-state index in [9.17, 15) is 10.2 Å². The molecule has 0 spiro atoms. The minimum Gasteiger partial charge on any atom is -0.504 e. The quantitative estimate of drug-likeness (QED) is 0.713. The highest BCUT2D eigenvalue weighted by atomic mass is 16.3. The van der Waals surface area contributed by atoms with Crippen molar-refractivity contribution >= 4 is 0 Å². The van der Waals surface area contributed by atoms with Gasteiger partial charge in [-0.2, -0.15) is 0 Å². The van der Waals surface area contributed by atoms with Crippen molar-refractivity contribution in [2.24, 2.45) is 5.92 Å². The number of benzene rings is 1. The van der Waals surface area contributed by atoms with E-state index in [-0.39, 0.29) is 11.5 Å². The molecular formula is C16H25NO2. The zero-order valence-corrected chi connectivity index (χ0v) is 11.9. The summed E-state index contributed by atoms with van der Waals surface area (Å²) < 4.78 is 0. The summed E-state index contributed by atoms with van der Waals surface area (Å²) in [6.45, 7) is 5.50. The van der Waals surface area contributed by atoms with Gasteiger partial charge in [-0.3, -0.25) is 0 Å². The fourth-order valence-corrected chi connectivity index (χ4v) is 2.98. The van der Waals surface area contributed by atoms with Crippen molar-refractivity contribution in [2.75, 3.05) is 6.54 Å². The second kappa shape index (κ2) is 6.29. The number of hydrogen-bond donors (Lipinski definition) is 3. The minimum atomic E-state index is -0.00550. The van der Waals surface area contributed by atoms with Gasteiger partial charge in [-0.25, -0.2) is 0 Å². The zero-order chi connectivity index (χ0) is 13.8. The number of fused-ring (bicyclic) bond motifs is 1. The molecule has 2 rings (SSSR count). The first-order chi connectivity index (χ1) is 9.11. The van der Waals surface area contributed by atoms with Crippen molar-refractivity contribution in [2.45, 2.75) is 52.0 Å². The summed E-state index contributed by atoms with van der Waals surface area (Å²) in [5.74, 6) is 0.675. The smallest absolute Gasteiger partial charge is 0.157 e. The first kappa shape index (κ1) is 14.2. The van der Waals surface area contributed by atoms with Gasteiger partial charge < -0.3 is 15.5 Å². The Morgan fingerprint density at radius 2 is 2.05 bits per heavy atom. The molecule has 3 nitrogen and oxygen atoms in total. The molecule has 0 radical (unpaired) electrons. The third-order valence-electron chi connectivity index (χ3n) is 4.04. The zero-order valence-electron chi connectivity index (χ0n) is 11.9. The SMILES string of the molecule is CCCC(C)CNC1CCCc2cc(O)c(O)cc21. The summed E-state index contributed by atoms with van der Waals surface area (Å²) in [5.41, 5.74) is 2.33. The van der Waals surface area contributed by atoms with Crippen molar-refractivity contribution in [3.63, 3.8) is 0 Å². The average Bonchev–Trinajstić information content (AvgIpc) is 2.38. The summed E-state index contributed by atoms with van der Waals surface area (Å²) in [6.07, 6.45) is 5.70. The van der Waals surface area contributed by atoms with Gasteiger partial charge in [-0.15, -0.1) is 0 Å². The van der Waals surface area contributed by atoms with Gasteiger partial charge in [-0.05, 0) is 61.4 Å². The van der Waals surface area contributed by atoms with Gasteiger partial charge in [-0.1, -0.05) is 20.3 Å². The lowest BCUT2D eigenvalue weighted by molar-refractivity contribution is 0.385. The lowest BCUT2D eigenvalue weighted by atomic mass is 9.87. The molecule has 106 valence electrons. The number of hydrogen-bond acceptors (Lipinski definition) is 3. The molecular weight excluding hydrogens is 238 g/mol. The third kappa shape index (κ3) is 3.41. The standard InChI is InChI=1S/C16H25NO2/c1-3-5-11(2)10-17-14-7-4-6-12-8-15(18)16(19)9-13(12)14/h8-9,11,14,17-19H,3-7,10H2,1-2H3. The van der Waals surface area contributed by atoms with Crippen LogP contribution < -0.4 is 5.32 Å². The number of aromatic hydroxyl groups is 2. The van der Waals surface area contributed by atoms with E-state index in [1.165, 1.54) is 18.4 Å². The van der Waals surface area contributed by atoms with Crippen LogP contribution in [0.15, 0.2) is 12.1 Å². The Bertz CT molecular complexity index is 431. The maximum Gasteiger partial charge on any atom is 0.157 e. The van der Waals surface area contributed by atoms with E-state index in [0.29, 0.717) is 12.0 Å². The monoisotopic (exact) mass is 263 g/mol. The van der Waals surface area contributed by atoms with Crippen LogP contribution in [0.5, 0.6) is 11.5 Å². The second-order valence-electron chi connectivity index (χ2n) is 5.79. The van der Waals surface area contributed by atoms with E-state index in [1.807, 2.05) is 0 Å². The fraction of sp³-hybridized carbons (Fsp3) is 0.625. The first-order valence-electron chi connectivity index (χ1n) is 7.40. The van der Waals surface area contributed by atoms with Gasteiger partial charge in [0.15, 0.2) is 11.5 Å². The van der Waals surface area contributed by atoms with Gasteiger partial charge in [0.05, 0.1) is 0 Å². The molecule has 0 saturated carbocycles. The van der Waals surface area contributed by atoms with Crippen LogP contribution in [0.4, 0.5) is 0 Å². The lowest BCUT2D eigenvalue weighted by Gasteiger charge is -2.28. The molecule has 3 heteroatoms. The number of rotatable bonds is 5. The van der Waals surface area contributed by atoms with Crippen molar-refractivity contribution in [3.05, 3.63) is 23.3 Å². The molecule has 0 bridgehead atoms. The van der Waals surface area contributed by atoms with E-state index in [1.54, 1.807) is 12.1 Å². The molecule has 1 aliphatic carbocycles. The van der Waals surface area contributed by atoms with E-state index in [2.05, 4.69) is 19.2 Å². The van der Waals surface area contributed by atoms with Crippen LogP contribution in [0, 0.1) is 5.92 Å². The van der Waals surface area contributed by atoms with Gasteiger partial charge in [0.2, 0.25) is 0 Å². The Kier molecular flexibility index (Phi) is 4.70. The van der Waals surface area contributed by atoms with Gasteiger partial charge in [0, 0.05) is 6.04 Å². The molecule has 2 atom stereocenters. The van der Waals surface area contributed by atoms with E-state index in [0.717, 1.165) is 31.4 Å². The van der Waals surface area contributed by atoms with Crippen LogP contribution in [0.3, 0.4) is 0 Å². The van der Waals surface area contributed by atoms with Gasteiger partial charge in [0.25, 0.3) is 0 Å². The maximum atomic E-state index is 9.68. The van der Waals surface area contributed by atoms with Crippen molar-refractivity contribution in [1.82, 2.24) is 5.32 Å². The van der Waals surface area contributed by atoms with Crippen molar-refractivity contribution in [1.29, 1.82) is 0 Å². The topological polar surface area (TPSA) is 52.5 Å². The number of phenols is 2. The molecule has 0 aliphatic heterocycles. The van der Waals surface area contributed by atoms with Crippen molar-refractivity contribution in [3.8, 4) is 11.5 Å². The molecule has 3 N–H and O–H groups in total. The Morgan fingerprint density at radius 1 is 1.32 bits per heavy atom. The van der Waals surface area contributed by atoms with Crippen LogP contribution in [0.1, 0.15) is 56.7 Å². The largest absolute Gasteiger partial charge is 0.504 e. The highest BCUT2D eigenvalue weighted by molar-refractivity contribution is 5.47. The van der Waals surface area contributed by atoms with Crippen LogP contribution in [-0.2, 0) is 6.42 Å². The van der Waals surface area contributed by atoms with E-state index >= 15 is 0 Å². The summed E-state index contributed by atoms with van der Waals surface area (Å²) in [7, 11) is 0. The molecule has 0 heterocycles. The Morgan fingerprint density at radius 3 is 2.79 bits per heavy atom. The molecule has 0 saturated heterocycles. The molecule has 1 aromatic rings. The molecule has 19 heavy (non-hydrogen) atoms. The van der Waals surface area contributed by atoms with E-state index in [4.69, 9.17) is 0 Å². The van der Waals surface area contributed by atoms with Crippen LogP contribution in [0.2, 0.25) is 0 Å². The Balaban J connectivity index is 2.07. The number of nitrogens with one attached hydrogen (secondary N) is 1. The highest BCUT2D eigenvalue weighted by Crippen LogP contribution is 2.37. The van der Waals surface area contributed by atoms with Crippen LogP contribution in [0.25, 0.3) is 0 Å². The maximum absolute atomic E-state index is 9.68. The predicted octanol–water partition coefficient (Wildman–Crippen LogP) is 3.50. The third-order valence-corrected chi connectivity index (χ3v) is 4.04. The molecule has 2 unspecified atom stereocenters. The summed E-state index contributed by atoms with van der Waals surface area (Å²) >= 11 is 0. The normalized spacial score (nSPS) is 20.0. The molecule has 0 fully saturated rings. The summed E-state index contributed by atoms with van der Waals surface area (Å²) in [5, 5.41) is 22.9. The highest BCUT2D eigenvalue weighted by Gasteiger charge is 2.22. The van der Waals surface area contributed by atoms with E-state index < -0.39 is 0 Å². The molecule has 0 aromatic heterocycles. The van der Waals surface area contributed by atoms with Gasteiger partial charge >= 0.3 is 0 Å². The second-order valence-corrected chi connectivity index (χ2v) is 5.79. The van der Waals surface area contributed by atoms with Crippen LogP contribution >= 0.6 is 0 Å².